The number of methoxy groups -OCH3 is 2. The first-order valence-electron chi connectivity index (χ1n) is 3.25. The van der Waals surface area contributed by atoms with E-state index < -0.39 is 11.1 Å². The van der Waals surface area contributed by atoms with Gasteiger partial charge in [0.05, 0.1) is 6.54 Å². The smallest absolute Gasteiger partial charge is 0.176 e. The Morgan fingerprint density at radius 2 is 1.92 bits per heavy atom. The van der Waals surface area contributed by atoms with Gasteiger partial charge < -0.3 is 15.2 Å². The molecule has 2 N–H and O–H groups in total. The molecule has 12 heavy (non-hydrogen) atoms. The lowest BCUT2D eigenvalue weighted by molar-refractivity contribution is -0.0937. The Morgan fingerprint density at radius 1 is 1.42 bits per heavy atom. The molecule has 0 rings (SSSR count). The van der Waals surface area contributed by atoms with Crippen molar-refractivity contribution >= 4 is 29.0 Å². The molecule has 0 unspecified atom stereocenters. The van der Waals surface area contributed by atoms with E-state index >= 15 is 0 Å². The van der Waals surface area contributed by atoms with Gasteiger partial charge in [-0.2, -0.15) is 0 Å². The second-order valence-corrected chi connectivity index (χ2v) is 3.06. The minimum Gasteiger partial charge on any atom is -0.385 e. The van der Waals surface area contributed by atoms with Gasteiger partial charge in [0.2, 0.25) is 0 Å². The molecule has 4 nitrogen and oxygen atoms in total. The molecular formula is C6H12Cl2N2O2. The highest BCUT2D eigenvalue weighted by Gasteiger charge is 2.06. The fourth-order valence-corrected chi connectivity index (χ4v) is 0.632. The van der Waals surface area contributed by atoms with Crippen LogP contribution in [0, 0.1) is 0 Å². The molecule has 0 bridgehead atoms. The predicted molar refractivity (Wildman–Crippen MR) is 49.8 cm³/mol. The van der Waals surface area contributed by atoms with Crippen molar-refractivity contribution in [3.8, 4) is 0 Å². The fraction of sp³-hybridized carbons (Fsp3) is 0.833. The summed E-state index contributed by atoms with van der Waals surface area (Å²) in [6.07, 6.45) is -0.407. The third kappa shape index (κ3) is 4.77. The van der Waals surface area contributed by atoms with E-state index in [0.717, 1.165) is 0 Å². The largest absolute Gasteiger partial charge is 0.385 e. The highest BCUT2D eigenvalue weighted by molar-refractivity contribution is 6.54. The van der Waals surface area contributed by atoms with Gasteiger partial charge >= 0.3 is 0 Å². The Labute approximate surface area is 81.6 Å². The number of aliphatic imine (C=N–C) groups is 1. The lowest BCUT2D eigenvalue weighted by Crippen LogP contribution is -2.24. The maximum Gasteiger partial charge on any atom is 0.176 e. The number of rotatable bonds is 5. The molecule has 0 aliphatic rings. The summed E-state index contributed by atoms with van der Waals surface area (Å²) in [5.41, 5.74) is 5.35. The minimum absolute atomic E-state index is 0.164. The zero-order chi connectivity index (χ0) is 9.56. The molecule has 0 fully saturated rings. The van der Waals surface area contributed by atoms with Gasteiger partial charge in [0.1, 0.15) is 5.84 Å². The highest BCUT2D eigenvalue weighted by atomic mass is 35.5. The summed E-state index contributed by atoms with van der Waals surface area (Å²) in [5.74, 6) is 0.164. The summed E-state index contributed by atoms with van der Waals surface area (Å²) in [6.45, 7) is 0.286. The quantitative estimate of drug-likeness (QED) is 0.319. The number of ether oxygens (including phenoxy) is 2. The van der Waals surface area contributed by atoms with E-state index in [-0.39, 0.29) is 12.4 Å². The van der Waals surface area contributed by atoms with E-state index in [1.165, 1.54) is 14.2 Å². The Morgan fingerprint density at radius 3 is 2.25 bits per heavy atom. The van der Waals surface area contributed by atoms with Crippen molar-refractivity contribution < 1.29 is 9.47 Å². The van der Waals surface area contributed by atoms with Crippen LogP contribution in [0.2, 0.25) is 0 Å². The molecule has 0 saturated carbocycles. The van der Waals surface area contributed by atoms with Gasteiger partial charge in [-0.1, -0.05) is 23.2 Å². The predicted octanol–water partition coefficient (Wildman–Crippen LogP) is 0.766. The lowest BCUT2D eigenvalue weighted by atomic mass is 10.6. The zero-order valence-electron chi connectivity index (χ0n) is 6.96. The monoisotopic (exact) mass is 214 g/mol. The lowest BCUT2D eigenvalue weighted by Gasteiger charge is -2.10. The molecule has 0 saturated heterocycles. The van der Waals surface area contributed by atoms with Gasteiger partial charge in [0.15, 0.2) is 11.1 Å². The van der Waals surface area contributed by atoms with Gasteiger partial charge in [0.25, 0.3) is 0 Å². The van der Waals surface area contributed by atoms with Gasteiger partial charge in [-0.25, -0.2) is 0 Å². The van der Waals surface area contributed by atoms with Crippen molar-refractivity contribution in [1.82, 2.24) is 0 Å². The topological polar surface area (TPSA) is 56.8 Å². The van der Waals surface area contributed by atoms with Crippen molar-refractivity contribution in [2.75, 3.05) is 20.8 Å². The number of nitrogens with zero attached hydrogens (tertiary/aromatic N) is 1. The average Bonchev–Trinajstić information content (AvgIpc) is 2.05. The van der Waals surface area contributed by atoms with E-state index in [4.69, 9.17) is 38.4 Å². The van der Waals surface area contributed by atoms with E-state index in [1.807, 2.05) is 0 Å². The van der Waals surface area contributed by atoms with Crippen molar-refractivity contribution in [3.63, 3.8) is 0 Å². The van der Waals surface area contributed by atoms with Crippen LogP contribution in [0.15, 0.2) is 4.99 Å². The second kappa shape index (κ2) is 6.48. The van der Waals surface area contributed by atoms with Crippen LogP contribution in [0.25, 0.3) is 0 Å². The second-order valence-electron chi connectivity index (χ2n) is 1.97. The molecule has 0 aromatic carbocycles. The maximum atomic E-state index is 5.43. The normalized spacial score (nSPS) is 13.0. The molecule has 0 atom stereocenters. The number of hydrogen-bond donors (Lipinski definition) is 1. The van der Waals surface area contributed by atoms with Crippen LogP contribution >= 0.6 is 23.2 Å². The average molecular weight is 215 g/mol. The summed E-state index contributed by atoms with van der Waals surface area (Å²) in [7, 11) is 3.03. The number of amidine groups is 1. The van der Waals surface area contributed by atoms with Crippen LogP contribution < -0.4 is 5.73 Å². The van der Waals surface area contributed by atoms with Crippen molar-refractivity contribution in [2.45, 2.75) is 11.1 Å². The van der Waals surface area contributed by atoms with Crippen LogP contribution in [0.4, 0.5) is 0 Å². The van der Waals surface area contributed by atoms with Crippen molar-refractivity contribution in [1.29, 1.82) is 0 Å². The Balaban J connectivity index is 3.84. The molecular weight excluding hydrogens is 203 g/mol. The van der Waals surface area contributed by atoms with E-state index in [9.17, 15) is 0 Å². The number of hydrogen-bond acceptors (Lipinski definition) is 3. The minimum atomic E-state index is -0.778. The fourth-order valence-electron chi connectivity index (χ4n) is 0.494. The third-order valence-corrected chi connectivity index (χ3v) is 1.62. The standard InChI is InChI=1S/C6H12Cl2N2O2/c1-11-4(12-2)3-10-6(9)5(7)8/h4-5H,3H2,1-2H3,(H2,9,10). The first kappa shape index (κ1) is 12.0. The molecule has 0 aromatic rings. The van der Waals surface area contributed by atoms with Gasteiger partial charge in [0, 0.05) is 14.2 Å². The first-order chi connectivity index (χ1) is 5.61. The van der Waals surface area contributed by atoms with Crippen molar-refractivity contribution in [2.24, 2.45) is 10.7 Å². The summed E-state index contributed by atoms with van der Waals surface area (Å²) in [6, 6.07) is 0. The van der Waals surface area contributed by atoms with Crippen molar-refractivity contribution in [3.05, 3.63) is 0 Å². The highest BCUT2D eigenvalue weighted by Crippen LogP contribution is 2.01. The van der Waals surface area contributed by atoms with Crippen LogP contribution in [-0.4, -0.2) is 37.7 Å². The van der Waals surface area contributed by atoms with Gasteiger partial charge in [-0.3, -0.25) is 4.99 Å². The molecule has 0 radical (unpaired) electrons. The molecule has 0 amide bonds. The molecule has 0 aliphatic heterocycles. The third-order valence-electron chi connectivity index (χ3n) is 1.17. The Hall–Kier alpha value is -0.0300. The summed E-state index contributed by atoms with van der Waals surface area (Å²) < 4.78 is 9.72. The number of nitrogens with two attached hydrogens (primary N) is 1. The van der Waals surface area contributed by atoms with Crippen LogP contribution in [0.5, 0.6) is 0 Å². The SMILES string of the molecule is COC(CN=C(N)C(Cl)Cl)OC. The van der Waals surface area contributed by atoms with Gasteiger partial charge in [-0.15, -0.1) is 0 Å². The summed E-state index contributed by atoms with van der Waals surface area (Å²) in [5, 5.41) is 0. The van der Waals surface area contributed by atoms with Crippen LogP contribution in [0.1, 0.15) is 0 Å². The summed E-state index contributed by atoms with van der Waals surface area (Å²) >= 11 is 10.9. The van der Waals surface area contributed by atoms with E-state index in [1.54, 1.807) is 0 Å². The molecule has 0 aliphatic carbocycles. The Kier molecular flexibility index (Phi) is 6.47. The number of halogens is 2. The molecule has 0 aromatic heterocycles. The molecule has 6 heteroatoms. The molecule has 0 heterocycles. The molecule has 0 spiro atoms. The van der Waals surface area contributed by atoms with Crippen LogP contribution in [0.3, 0.4) is 0 Å². The Bertz CT molecular complexity index is 148. The van der Waals surface area contributed by atoms with E-state index in [2.05, 4.69) is 4.99 Å². The zero-order valence-corrected chi connectivity index (χ0v) is 8.47. The maximum absolute atomic E-state index is 5.43. The van der Waals surface area contributed by atoms with Gasteiger partial charge in [-0.05, 0) is 0 Å². The first-order valence-corrected chi connectivity index (χ1v) is 4.12. The van der Waals surface area contributed by atoms with E-state index in [0.29, 0.717) is 0 Å². The van der Waals surface area contributed by atoms with Crippen LogP contribution in [-0.2, 0) is 9.47 Å². The summed E-state index contributed by atoms with van der Waals surface area (Å²) in [4.78, 5) is 3.07. The number of alkyl halides is 2. The molecule has 72 valence electrons.